The lowest BCUT2D eigenvalue weighted by molar-refractivity contribution is 0.0376. The third kappa shape index (κ3) is 6.42. The molecule has 9 nitrogen and oxygen atoms in total. The van der Waals surface area contributed by atoms with E-state index in [1.807, 2.05) is 19.1 Å². The maximum atomic E-state index is 13.7. The number of methoxy groups -OCH3 is 1. The van der Waals surface area contributed by atoms with E-state index < -0.39 is 10.0 Å². The van der Waals surface area contributed by atoms with Gasteiger partial charge in [-0.1, -0.05) is 17.4 Å². The van der Waals surface area contributed by atoms with Crippen LogP contribution in [0.25, 0.3) is 10.2 Å². The predicted molar refractivity (Wildman–Crippen MR) is 149 cm³/mol. The zero-order valence-corrected chi connectivity index (χ0v) is 23.9. The quantitative estimate of drug-likeness (QED) is 0.389. The Hall–Kier alpha value is -2.28. The third-order valence-electron chi connectivity index (χ3n) is 6.23. The number of benzene rings is 2. The summed E-state index contributed by atoms with van der Waals surface area (Å²) in [5.41, 5.74) is 2.20. The van der Waals surface area contributed by atoms with Gasteiger partial charge in [-0.15, -0.1) is 12.4 Å². The fourth-order valence-electron chi connectivity index (χ4n) is 4.08. The lowest BCUT2D eigenvalue weighted by Gasteiger charge is -2.27. The number of amides is 1. The lowest BCUT2D eigenvalue weighted by Crippen LogP contribution is -2.39. The summed E-state index contributed by atoms with van der Waals surface area (Å²) in [5.74, 6) is 0.443. The molecule has 0 spiro atoms. The van der Waals surface area contributed by atoms with Gasteiger partial charge in [0.15, 0.2) is 5.13 Å². The Bertz CT molecular complexity index is 1320. The average Bonchev–Trinajstić information content (AvgIpc) is 3.33. The highest BCUT2D eigenvalue weighted by Crippen LogP contribution is 2.37. The van der Waals surface area contributed by atoms with Gasteiger partial charge in [0.1, 0.15) is 11.3 Å². The first kappa shape index (κ1) is 29.3. The fourth-order valence-corrected chi connectivity index (χ4v) is 6.05. The minimum absolute atomic E-state index is 0. The molecule has 37 heavy (non-hydrogen) atoms. The summed E-state index contributed by atoms with van der Waals surface area (Å²) in [4.78, 5) is 22.7. The molecule has 3 aromatic rings. The lowest BCUT2D eigenvalue weighted by atomic mass is 10.2. The molecule has 0 aliphatic carbocycles. The van der Waals surface area contributed by atoms with Crippen LogP contribution in [-0.2, 0) is 14.8 Å². The highest BCUT2D eigenvalue weighted by Gasteiger charge is 2.24. The molecule has 12 heteroatoms. The van der Waals surface area contributed by atoms with E-state index in [1.165, 1.54) is 37.6 Å². The molecule has 1 aliphatic rings. The first-order valence-electron chi connectivity index (χ1n) is 11.8. The first-order chi connectivity index (χ1) is 17.2. The molecule has 0 bridgehead atoms. The Balaban J connectivity index is 0.00000380. The number of thiazole rings is 1. The summed E-state index contributed by atoms with van der Waals surface area (Å²) in [7, 11) is 0.989. The number of aromatic nitrogens is 1. The predicted octanol–water partition coefficient (Wildman–Crippen LogP) is 3.65. The van der Waals surface area contributed by atoms with Crippen LogP contribution in [0.2, 0.25) is 0 Å². The number of ether oxygens (including phenoxy) is 2. The van der Waals surface area contributed by atoms with E-state index in [0.29, 0.717) is 23.0 Å². The molecule has 1 saturated heterocycles. The number of carbonyl (C=O) groups is 1. The number of sulfonamides is 1. The molecule has 2 heterocycles. The molecular formula is C25H33ClN4O5S2. The summed E-state index contributed by atoms with van der Waals surface area (Å²) < 4.78 is 38.0. The van der Waals surface area contributed by atoms with E-state index in [1.54, 1.807) is 24.1 Å². The van der Waals surface area contributed by atoms with Crippen LogP contribution in [0.4, 0.5) is 5.13 Å². The highest BCUT2D eigenvalue weighted by atomic mass is 35.5. The van der Waals surface area contributed by atoms with Crippen molar-refractivity contribution in [2.45, 2.75) is 18.2 Å². The standard InChI is InChI=1S/C25H32N4O5S2.ClH/c1-18-6-11-21(33-4)22-23(18)35-25(26-22)29(13-5-12-28-14-16-34-17-15-28)24(30)19-7-9-20(10-8-19)36(31,32)27(2)3;/h6-11H,5,12-17H2,1-4H3;1H. The molecule has 0 radical (unpaired) electrons. The van der Waals surface area contributed by atoms with Crippen molar-refractivity contribution in [3.63, 3.8) is 0 Å². The van der Waals surface area contributed by atoms with Gasteiger partial charge in [-0.2, -0.15) is 0 Å². The average molecular weight is 569 g/mol. The molecule has 2 aromatic carbocycles. The van der Waals surface area contributed by atoms with Crippen LogP contribution in [0.5, 0.6) is 5.75 Å². The number of halogens is 1. The van der Waals surface area contributed by atoms with E-state index >= 15 is 0 Å². The summed E-state index contributed by atoms with van der Waals surface area (Å²) in [5, 5.41) is 0.592. The van der Waals surface area contributed by atoms with Crippen molar-refractivity contribution in [3.05, 3.63) is 47.5 Å². The molecule has 0 saturated carbocycles. The van der Waals surface area contributed by atoms with Gasteiger partial charge >= 0.3 is 0 Å². The van der Waals surface area contributed by atoms with Gasteiger partial charge in [-0.05, 0) is 49.2 Å². The molecule has 0 unspecified atom stereocenters. The van der Waals surface area contributed by atoms with Crippen LogP contribution in [0.1, 0.15) is 22.3 Å². The van der Waals surface area contributed by atoms with Crippen LogP contribution < -0.4 is 9.64 Å². The van der Waals surface area contributed by atoms with Gasteiger partial charge in [0.25, 0.3) is 5.91 Å². The van der Waals surface area contributed by atoms with Gasteiger partial charge in [-0.25, -0.2) is 17.7 Å². The Morgan fingerprint density at radius 1 is 1.14 bits per heavy atom. The second-order valence-electron chi connectivity index (χ2n) is 8.84. The van der Waals surface area contributed by atoms with Crippen molar-refractivity contribution in [1.29, 1.82) is 0 Å². The molecule has 0 atom stereocenters. The molecule has 1 amide bonds. The summed E-state index contributed by atoms with van der Waals surface area (Å²) >= 11 is 1.46. The largest absolute Gasteiger partial charge is 0.494 e. The van der Waals surface area contributed by atoms with Crippen LogP contribution >= 0.6 is 23.7 Å². The number of anilines is 1. The number of hydrogen-bond acceptors (Lipinski definition) is 8. The van der Waals surface area contributed by atoms with Crippen LogP contribution in [-0.4, -0.2) is 89.1 Å². The van der Waals surface area contributed by atoms with Crippen molar-refractivity contribution in [2.24, 2.45) is 0 Å². The Morgan fingerprint density at radius 2 is 1.81 bits per heavy atom. The summed E-state index contributed by atoms with van der Waals surface area (Å²) in [6, 6.07) is 9.94. The van der Waals surface area contributed by atoms with Gasteiger partial charge in [0.2, 0.25) is 10.0 Å². The molecule has 202 valence electrons. The fraction of sp³-hybridized carbons (Fsp3) is 0.440. The normalized spacial score (nSPS) is 14.5. The van der Waals surface area contributed by atoms with Crippen LogP contribution in [0, 0.1) is 6.92 Å². The molecule has 4 rings (SSSR count). The van der Waals surface area contributed by atoms with Gasteiger partial charge in [0.05, 0.1) is 29.9 Å². The van der Waals surface area contributed by atoms with Crippen molar-refractivity contribution < 1.29 is 22.7 Å². The van der Waals surface area contributed by atoms with Crippen molar-refractivity contribution in [3.8, 4) is 5.75 Å². The maximum absolute atomic E-state index is 13.7. The van der Waals surface area contributed by atoms with Crippen molar-refractivity contribution >= 4 is 55.0 Å². The van der Waals surface area contributed by atoms with Gasteiger partial charge in [0, 0.05) is 45.8 Å². The van der Waals surface area contributed by atoms with Crippen molar-refractivity contribution in [1.82, 2.24) is 14.2 Å². The minimum Gasteiger partial charge on any atom is -0.494 e. The zero-order valence-electron chi connectivity index (χ0n) is 21.5. The van der Waals surface area contributed by atoms with Crippen molar-refractivity contribution in [2.75, 3.05) is 65.5 Å². The Labute approximate surface area is 228 Å². The second-order valence-corrected chi connectivity index (χ2v) is 12.0. The van der Waals surface area contributed by atoms with Crippen LogP contribution in [0.3, 0.4) is 0 Å². The zero-order chi connectivity index (χ0) is 25.9. The number of hydrogen-bond donors (Lipinski definition) is 0. The first-order valence-corrected chi connectivity index (χ1v) is 14.1. The Morgan fingerprint density at radius 3 is 2.43 bits per heavy atom. The van der Waals surface area contributed by atoms with E-state index in [-0.39, 0.29) is 23.2 Å². The monoisotopic (exact) mass is 568 g/mol. The highest BCUT2D eigenvalue weighted by molar-refractivity contribution is 7.89. The van der Waals surface area contributed by atoms with E-state index in [2.05, 4.69) is 4.90 Å². The minimum atomic E-state index is -3.58. The van der Waals surface area contributed by atoms with Crippen LogP contribution in [0.15, 0.2) is 41.3 Å². The summed E-state index contributed by atoms with van der Waals surface area (Å²) in [6.45, 7) is 6.55. The van der Waals surface area contributed by atoms with Gasteiger partial charge < -0.3 is 9.47 Å². The molecule has 1 aliphatic heterocycles. The number of carbonyl (C=O) groups excluding carboxylic acids is 1. The SMILES string of the molecule is COc1ccc(C)c2sc(N(CCCN3CCOCC3)C(=O)c3ccc(S(=O)(=O)N(C)C)cc3)nc12.Cl. The molecule has 1 fully saturated rings. The third-order valence-corrected chi connectivity index (χ3v) is 9.27. The Kier molecular flexibility index (Phi) is 9.90. The van der Waals surface area contributed by atoms with E-state index in [0.717, 1.165) is 59.4 Å². The molecule has 0 N–H and O–H groups in total. The topological polar surface area (TPSA) is 92.3 Å². The number of aryl methyl sites for hydroxylation is 1. The number of rotatable bonds is 9. The van der Waals surface area contributed by atoms with E-state index in [9.17, 15) is 13.2 Å². The second kappa shape index (κ2) is 12.5. The smallest absolute Gasteiger partial charge is 0.260 e. The molecule has 1 aromatic heterocycles. The molecular weight excluding hydrogens is 536 g/mol. The number of nitrogens with zero attached hydrogens (tertiary/aromatic N) is 4. The van der Waals surface area contributed by atoms with E-state index in [4.69, 9.17) is 14.5 Å². The van der Waals surface area contributed by atoms with Gasteiger partial charge in [-0.3, -0.25) is 14.6 Å². The maximum Gasteiger partial charge on any atom is 0.260 e. The number of morpholine rings is 1. The summed E-state index contributed by atoms with van der Waals surface area (Å²) in [6.07, 6.45) is 0.769. The number of fused-ring (bicyclic) bond motifs is 1.